The van der Waals surface area contributed by atoms with Crippen molar-refractivity contribution in [1.82, 2.24) is 6.15 Å². The van der Waals surface area contributed by atoms with Crippen molar-refractivity contribution in [3.05, 3.63) is 0 Å². The Bertz CT molecular complexity index is 644. The highest BCUT2D eigenvalue weighted by Gasteiger charge is 2.54. The number of halogens is 1. The summed E-state index contributed by atoms with van der Waals surface area (Å²) in [6.45, 7) is 4.03. The summed E-state index contributed by atoms with van der Waals surface area (Å²) in [5, 5.41) is 51.6. The highest BCUT2D eigenvalue weighted by Crippen LogP contribution is 2.45. The molecule has 272 valence electrons. The highest BCUT2D eigenvalue weighted by molar-refractivity contribution is 6.24. The summed E-state index contributed by atoms with van der Waals surface area (Å²) in [6, 6.07) is 0. The smallest absolute Gasteiger partial charge is 0.111 e. The zero-order valence-electron chi connectivity index (χ0n) is 29.5. The molecule has 0 saturated carbocycles. The molecule has 0 bridgehead atoms. The van der Waals surface area contributed by atoms with Gasteiger partial charge in [-0.15, -0.1) is 11.6 Å². The maximum atomic E-state index is 11.1. The number of aliphatic hydroxyl groups is 5. The summed E-state index contributed by atoms with van der Waals surface area (Å²) in [5.41, 5.74) is 0. The molecule has 0 aromatic heterocycles. The van der Waals surface area contributed by atoms with E-state index in [9.17, 15) is 25.5 Å². The first-order valence-electron chi connectivity index (χ1n) is 19.0. The Morgan fingerprint density at radius 2 is 0.933 bits per heavy atom. The lowest BCUT2D eigenvalue weighted by Gasteiger charge is -2.49. The third kappa shape index (κ3) is 18.4. The zero-order valence-corrected chi connectivity index (χ0v) is 30.2. The molecule has 0 aliphatic carbocycles. The first-order valence-corrected chi connectivity index (χ1v) is 19.3. The van der Waals surface area contributed by atoms with E-state index in [1.165, 1.54) is 116 Å². The van der Waals surface area contributed by atoms with Crippen molar-refractivity contribution in [2.75, 3.05) is 13.2 Å². The Balaban J connectivity index is 0.0000194. The van der Waals surface area contributed by atoms with E-state index in [-0.39, 0.29) is 18.7 Å². The van der Waals surface area contributed by atoms with Gasteiger partial charge in [-0.2, -0.15) is 0 Å². The molecule has 8 N–H and O–H groups in total. The molecular weight excluding hydrogens is 590 g/mol. The van der Waals surface area contributed by atoms with Crippen molar-refractivity contribution in [1.29, 1.82) is 0 Å². The monoisotopic (exact) mass is 666 g/mol. The van der Waals surface area contributed by atoms with Crippen molar-refractivity contribution in [3.8, 4) is 0 Å². The predicted octanol–water partition coefficient (Wildman–Crippen LogP) is 8.76. The maximum Gasteiger partial charge on any atom is 0.111 e. The molecule has 7 atom stereocenters. The lowest BCUT2D eigenvalue weighted by atomic mass is 9.73. The van der Waals surface area contributed by atoms with Crippen molar-refractivity contribution in [3.63, 3.8) is 0 Å². The molecule has 0 spiro atoms. The van der Waals surface area contributed by atoms with E-state index in [1.807, 2.05) is 0 Å². The van der Waals surface area contributed by atoms with E-state index in [0.29, 0.717) is 12.8 Å². The molecule has 0 aromatic rings. The number of hydrogen-bond acceptors (Lipinski definition) is 7. The number of rotatable bonds is 30. The van der Waals surface area contributed by atoms with Gasteiger partial charge in [-0.1, -0.05) is 155 Å². The molecule has 1 fully saturated rings. The summed E-state index contributed by atoms with van der Waals surface area (Å²) in [6.07, 6.45) is 24.6. The van der Waals surface area contributed by atoms with Crippen molar-refractivity contribution in [2.24, 2.45) is 5.92 Å². The van der Waals surface area contributed by atoms with Crippen LogP contribution in [0.25, 0.3) is 0 Å². The van der Waals surface area contributed by atoms with E-state index in [1.54, 1.807) is 0 Å². The van der Waals surface area contributed by atoms with E-state index < -0.39 is 42.0 Å². The van der Waals surface area contributed by atoms with E-state index in [0.717, 1.165) is 38.5 Å². The van der Waals surface area contributed by atoms with E-state index in [4.69, 9.17) is 16.3 Å². The third-order valence-electron chi connectivity index (χ3n) is 10.1. The maximum absolute atomic E-state index is 11.1. The van der Waals surface area contributed by atoms with Gasteiger partial charge in [0.15, 0.2) is 0 Å². The average molecular weight is 666 g/mol. The summed E-state index contributed by atoms with van der Waals surface area (Å²) in [5.74, 6) is 0.0364. The van der Waals surface area contributed by atoms with Crippen LogP contribution in [0.4, 0.5) is 0 Å². The molecule has 45 heavy (non-hydrogen) atoms. The second kappa shape index (κ2) is 29.0. The molecule has 1 rings (SSSR count). The third-order valence-corrected chi connectivity index (χ3v) is 10.8. The average Bonchev–Trinajstić information content (AvgIpc) is 3.03. The number of ether oxygens (including phenoxy) is 1. The molecule has 8 heteroatoms. The number of unbranched alkanes of at least 4 members (excludes halogenated alkanes) is 20. The number of alkyl halides is 1. The van der Waals surface area contributed by atoms with Crippen LogP contribution in [0.3, 0.4) is 0 Å². The Kier molecular flexibility index (Phi) is 29.0. The van der Waals surface area contributed by atoms with Crippen LogP contribution < -0.4 is 6.15 Å². The Morgan fingerprint density at radius 1 is 0.556 bits per heavy atom. The van der Waals surface area contributed by atoms with Gasteiger partial charge >= 0.3 is 0 Å². The van der Waals surface area contributed by atoms with Gasteiger partial charge in [0.25, 0.3) is 0 Å². The van der Waals surface area contributed by atoms with Gasteiger partial charge in [-0.3, -0.25) is 0 Å². The number of hydrogen-bond donors (Lipinski definition) is 6. The van der Waals surface area contributed by atoms with Crippen LogP contribution in [0.2, 0.25) is 0 Å². The van der Waals surface area contributed by atoms with Gasteiger partial charge in [-0.05, 0) is 31.6 Å². The first kappa shape index (κ1) is 45.0. The van der Waals surface area contributed by atoms with Crippen molar-refractivity contribution >= 4 is 11.6 Å². The standard InChI is InChI=1S/C37H73ClO6.H3N/c1-3-5-7-9-11-13-15-16-18-20-22-24-27-31(26-23-21-19-17-14-12-10-8-6-4-2)37(38,28-25-29-39)36-35(43)34(42)33(41)32(30-40)44-36;/h31-36,39-43H,3-30H2,1-2H3;1H3/t31?,32-,33-,34+,35-,36?,37?;/m1./s1. The summed E-state index contributed by atoms with van der Waals surface area (Å²) < 4.78 is 6.06. The molecule has 1 aliphatic heterocycles. The SMILES string of the molecule is CCCCCCCCCCCCCCC(CCCCCCCCCCCC)C(Cl)(CCCO)C1O[C@H](CO)[C@@H](O)[C@H](O)[C@H]1O.N. The van der Waals surface area contributed by atoms with Crippen LogP contribution in [-0.2, 0) is 4.74 Å². The molecule has 1 heterocycles. The second-order valence-electron chi connectivity index (χ2n) is 13.8. The molecule has 0 aromatic carbocycles. The predicted molar refractivity (Wildman–Crippen MR) is 189 cm³/mol. The van der Waals surface area contributed by atoms with Crippen molar-refractivity contribution < 1.29 is 30.3 Å². The van der Waals surface area contributed by atoms with Gasteiger partial charge in [0.1, 0.15) is 30.5 Å². The lowest BCUT2D eigenvalue weighted by Crippen LogP contribution is -2.65. The normalized spacial score (nSPS) is 23.9. The zero-order chi connectivity index (χ0) is 32.5. The van der Waals surface area contributed by atoms with Gasteiger partial charge in [0.05, 0.1) is 11.5 Å². The molecular formula is C37H76ClNO6. The molecule has 0 amide bonds. The molecule has 1 aliphatic rings. The fraction of sp³-hybridized carbons (Fsp3) is 1.00. The van der Waals surface area contributed by atoms with Gasteiger partial charge in [0.2, 0.25) is 0 Å². The van der Waals surface area contributed by atoms with E-state index >= 15 is 0 Å². The Morgan fingerprint density at radius 3 is 1.29 bits per heavy atom. The fourth-order valence-corrected chi connectivity index (χ4v) is 7.69. The fourth-order valence-electron chi connectivity index (χ4n) is 7.16. The van der Waals surface area contributed by atoms with Gasteiger partial charge in [0, 0.05) is 6.61 Å². The first-order chi connectivity index (χ1) is 21.4. The summed E-state index contributed by atoms with van der Waals surface area (Å²) >= 11 is 7.49. The minimum Gasteiger partial charge on any atom is -0.396 e. The molecule has 0 radical (unpaired) electrons. The van der Waals surface area contributed by atoms with Crippen molar-refractivity contribution in [2.45, 2.75) is 216 Å². The number of aliphatic hydroxyl groups excluding tert-OH is 5. The Labute approximate surface area is 282 Å². The second-order valence-corrected chi connectivity index (χ2v) is 14.6. The summed E-state index contributed by atoms with van der Waals surface area (Å²) in [4.78, 5) is -1.01. The quantitative estimate of drug-likeness (QED) is 0.0332. The van der Waals surface area contributed by atoms with Crippen LogP contribution in [0.1, 0.15) is 181 Å². The van der Waals surface area contributed by atoms with Crippen LogP contribution in [0.5, 0.6) is 0 Å². The molecule has 3 unspecified atom stereocenters. The minimum atomic E-state index is -1.44. The van der Waals surface area contributed by atoms with Crippen LogP contribution >= 0.6 is 11.6 Å². The van der Waals surface area contributed by atoms with Gasteiger partial charge < -0.3 is 36.4 Å². The van der Waals surface area contributed by atoms with Gasteiger partial charge in [-0.25, -0.2) is 0 Å². The summed E-state index contributed by atoms with van der Waals surface area (Å²) in [7, 11) is 0. The largest absolute Gasteiger partial charge is 0.396 e. The lowest BCUT2D eigenvalue weighted by molar-refractivity contribution is -0.241. The van der Waals surface area contributed by atoms with Crippen LogP contribution in [0.15, 0.2) is 0 Å². The topological polar surface area (TPSA) is 145 Å². The van der Waals surface area contributed by atoms with Crippen LogP contribution in [-0.4, -0.2) is 74.1 Å². The minimum absolute atomic E-state index is 0. The highest BCUT2D eigenvalue weighted by atomic mass is 35.5. The van der Waals surface area contributed by atoms with Crippen LogP contribution in [0, 0.1) is 5.92 Å². The molecule has 7 nitrogen and oxygen atoms in total. The van der Waals surface area contributed by atoms with E-state index in [2.05, 4.69) is 13.8 Å². The Hall–Kier alpha value is 0.01000. The molecule has 1 saturated heterocycles.